The number of fused-ring (bicyclic) bond motifs is 1. The number of hydrogen-bond acceptors (Lipinski definition) is 6. The molecule has 2 atom stereocenters. The highest BCUT2D eigenvalue weighted by Crippen LogP contribution is 2.30. The molecule has 0 radical (unpaired) electrons. The summed E-state index contributed by atoms with van der Waals surface area (Å²) in [4.78, 5) is 46.0. The molecule has 0 saturated carbocycles. The van der Waals surface area contributed by atoms with E-state index in [1.807, 2.05) is 18.2 Å². The van der Waals surface area contributed by atoms with Gasteiger partial charge in [0.1, 0.15) is 12.4 Å². The Labute approximate surface area is 241 Å². The SMILES string of the molecule is O=C(N[C@H]1CCN(C(=O)O)[C@@H]1CCn1ccc2cc(-c3ncc(C(F)(F)F)cn3)c(F)cc2c1=O)OCc1ccccc1. The first kappa shape index (κ1) is 29.5. The maximum Gasteiger partial charge on any atom is 0.419 e. The standard InChI is InChI=1S/C29H25F4N5O5/c30-22-13-20-18(12-21(22)25-34-14-19(15-35-25)29(31,32)33)6-9-37(26(20)39)10-8-24-23(7-11-38(24)28(41)42)36-27(40)43-16-17-4-2-1-3-5-17/h1-6,9,12-15,23-24H,7-8,10-11,16H2,(H,36,40)(H,41,42)/t23-,24+/m0/s1. The van der Waals surface area contributed by atoms with Crippen LogP contribution < -0.4 is 10.9 Å². The van der Waals surface area contributed by atoms with E-state index in [1.165, 1.54) is 27.8 Å². The molecule has 1 fully saturated rings. The Hall–Kier alpha value is -5.01. The van der Waals surface area contributed by atoms with Crippen LogP contribution in [0.1, 0.15) is 24.0 Å². The molecule has 2 amide bonds. The molecule has 0 aliphatic carbocycles. The predicted molar refractivity (Wildman–Crippen MR) is 145 cm³/mol. The molecule has 10 nitrogen and oxygen atoms in total. The first-order chi connectivity index (χ1) is 20.5. The van der Waals surface area contributed by atoms with Crippen molar-refractivity contribution in [1.29, 1.82) is 0 Å². The lowest BCUT2D eigenvalue weighted by atomic mass is 10.1. The quantitative estimate of drug-likeness (QED) is 0.285. The third kappa shape index (κ3) is 6.58. The van der Waals surface area contributed by atoms with Gasteiger partial charge in [0.25, 0.3) is 5.56 Å². The Balaban J connectivity index is 1.30. The Morgan fingerprint density at radius 1 is 1.09 bits per heavy atom. The van der Waals surface area contributed by atoms with Crippen molar-refractivity contribution in [2.24, 2.45) is 0 Å². The third-order valence-electron chi connectivity index (χ3n) is 7.26. The summed E-state index contributed by atoms with van der Waals surface area (Å²) in [7, 11) is 0. The number of hydrogen-bond donors (Lipinski definition) is 2. The lowest BCUT2D eigenvalue weighted by molar-refractivity contribution is -0.138. The molecular weight excluding hydrogens is 574 g/mol. The average Bonchev–Trinajstić information content (AvgIpc) is 3.38. The van der Waals surface area contributed by atoms with Gasteiger partial charge >= 0.3 is 18.4 Å². The Morgan fingerprint density at radius 2 is 1.81 bits per heavy atom. The molecule has 2 N–H and O–H groups in total. The van der Waals surface area contributed by atoms with Gasteiger partial charge in [0, 0.05) is 31.7 Å². The summed E-state index contributed by atoms with van der Waals surface area (Å²) in [6.45, 7) is 0.282. The van der Waals surface area contributed by atoms with Crippen molar-refractivity contribution >= 4 is 23.0 Å². The van der Waals surface area contributed by atoms with Crippen LogP contribution in [0.15, 0.2) is 71.9 Å². The molecule has 14 heteroatoms. The van der Waals surface area contributed by atoms with Crippen LogP contribution in [0.2, 0.25) is 0 Å². The number of ether oxygens (including phenoxy) is 1. The van der Waals surface area contributed by atoms with Crippen molar-refractivity contribution in [3.8, 4) is 11.4 Å². The minimum Gasteiger partial charge on any atom is -0.465 e. The van der Waals surface area contributed by atoms with Crippen LogP contribution in [0.4, 0.5) is 27.2 Å². The Bertz CT molecular complexity index is 1700. The van der Waals surface area contributed by atoms with E-state index >= 15 is 0 Å². The van der Waals surface area contributed by atoms with Crippen LogP contribution in [-0.2, 0) is 24.1 Å². The molecule has 1 saturated heterocycles. The monoisotopic (exact) mass is 599 g/mol. The van der Waals surface area contributed by atoms with Gasteiger partial charge in [-0.15, -0.1) is 0 Å². The topological polar surface area (TPSA) is 127 Å². The van der Waals surface area contributed by atoms with Crippen LogP contribution in [0, 0.1) is 5.82 Å². The zero-order valence-corrected chi connectivity index (χ0v) is 22.4. The second-order valence-electron chi connectivity index (χ2n) is 9.96. The summed E-state index contributed by atoms with van der Waals surface area (Å²) in [6.07, 6.45) is -3.43. The number of alkyl carbamates (subject to hydrolysis) is 1. The van der Waals surface area contributed by atoms with Gasteiger partial charge in [-0.25, -0.2) is 23.9 Å². The number of carbonyl (C=O) groups is 2. The Morgan fingerprint density at radius 3 is 2.49 bits per heavy atom. The zero-order valence-electron chi connectivity index (χ0n) is 22.4. The molecule has 5 rings (SSSR count). The van der Waals surface area contributed by atoms with E-state index in [9.17, 15) is 37.1 Å². The number of likely N-dealkylation sites (tertiary alicyclic amines) is 1. The van der Waals surface area contributed by atoms with E-state index in [2.05, 4.69) is 15.3 Å². The molecule has 43 heavy (non-hydrogen) atoms. The van der Waals surface area contributed by atoms with Crippen molar-refractivity contribution in [2.75, 3.05) is 6.54 Å². The van der Waals surface area contributed by atoms with E-state index in [1.54, 1.807) is 12.1 Å². The zero-order chi connectivity index (χ0) is 30.7. The number of pyridine rings is 1. The normalized spacial score (nSPS) is 16.8. The highest BCUT2D eigenvalue weighted by Gasteiger charge is 2.38. The van der Waals surface area contributed by atoms with Crippen molar-refractivity contribution in [1.82, 2.24) is 24.8 Å². The fourth-order valence-electron chi connectivity index (χ4n) is 5.07. The number of aromatic nitrogens is 3. The maximum atomic E-state index is 15.0. The number of aryl methyl sites for hydroxylation is 1. The largest absolute Gasteiger partial charge is 0.465 e. The summed E-state index contributed by atoms with van der Waals surface area (Å²) in [5, 5.41) is 12.7. The number of rotatable bonds is 7. The number of nitrogens with one attached hydrogen (secondary N) is 1. The number of nitrogens with zero attached hydrogens (tertiary/aromatic N) is 4. The molecule has 0 spiro atoms. The molecule has 224 valence electrons. The van der Waals surface area contributed by atoms with Gasteiger partial charge in [-0.05, 0) is 42.0 Å². The molecule has 1 aliphatic heterocycles. The molecule has 1 aliphatic rings. The Kier molecular flexibility index (Phi) is 8.28. The summed E-state index contributed by atoms with van der Waals surface area (Å²) >= 11 is 0. The van der Waals surface area contributed by atoms with E-state index < -0.39 is 47.4 Å². The molecule has 0 bridgehead atoms. The van der Waals surface area contributed by atoms with Crippen LogP contribution in [-0.4, -0.2) is 55.4 Å². The predicted octanol–water partition coefficient (Wildman–Crippen LogP) is 5.05. The third-order valence-corrected chi connectivity index (χ3v) is 7.26. The number of halogens is 4. The van der Waals surface area contributed by atoms with Gasteiger partial charge in [0.05, 0.1) is 28.6 Å². The van der Waals surface area contributed by atoms with E-state index in [0.717, 1.165) is 11.6 Å². The number of carboxylic acid groups (broad SMARTS) is 1. The summed E-state index contributed by atoms with van der Waals surface area (Å²) < 4.78 is 60.1. The van der Waals surface area contributed by atoms with Gasteiger partial charge in [0.2, 0.25) is 0 Å². The number of benzene rings is 2. The molecule has 2 aromatic carbocycles. The van der Waals surface area contributed by atoms with Crippen LogP contribution in [0.5, 0.6) is 0 Å². The van der Waals surface area contributed by atoms with Gasteiger partial charge in [-0.2, -0.15) is 13.2 Å². The molecule has 4 aromatic rings. The molecule has 0 unspecified atom stereocenters. The first-order valence-corrected chi connectivity index (χ1v) is 13.2. The van der Waals surface area contributed by atoms with Gasteiger partial charge in [-0.1, -0.05) is 30.3 Å². The van der Waals surface area contributed by atoms with Crippen molar-refractivity contribution in [3.63, 3.8) is 0 Å². The maximum absolute atomic E-state index is 15.0. The number of amides is 2. The fraction of sp³-hybridized carbons (Fsp3) is 0.276. The lowest BCUT2D eigenvalue weighted by Gasteiger charge is -2.26. The number of carbonyl (C=O) groups excluding carboxylic acids is 1. The minimum atomic E-state index is -4.65. The lowest BCUT2D eigenvalue weighted by Crippen LogP contribution is -2.47. The highest BCUT2D eigenvalue weighted by atomic mass is 19.4. The average molecular weight is 600 g/mol. The van der Waals surface area contributed by atoms with Crippen LogP contribution in [0.3, 0.4) is 0 Å². The van der Waals surface area contributed by atoms with E-state index in [4.69, 9.17) is 4.74 Å². The van der Waals surface area contributed by atoms with E-state index in [-0.39, 0.29) is 42.9 Å². The summed E-state index contributed by atoms with van der Waals surface area (Å²) in [5.41, 5.74) is -1.01. The minimum absolute atomic E-state index is 0.0105. The van der Waals surface area contributed by atoms with Crippen LogP contribution >= 0.6 is 0 Å². The molecular formula is C29H25F4N5O5. The smallest absolute Gasteiger partial charge is 0.419 e. The van der Waals surface area contributed by atoms with Gasteiger partial charge in [-0.3, -0.25) is 4.79 Å². The van der Waals surface area contributed by atoms with Gasteiger partial charge < -0.3 is 24.6 Å². The second kappa shape index (κ2) is 12.1. The fourth-order valence-corrected chi connectivity index (χ4v) is 5.07. The molecule has 3 heterocycles. The summed E-state index contributed by atoms with van der Waals surface area (Å²) in [5.74, 6) is -1.17. The highest BCUT2D eigenvalue weighted by molar-refractivity contribution is 5.86. The number of alkyl halides is 3. The van der Waals surface area contributed by atoms with Crippen molar-refractivity contribution in [3.05, 3.63) is 94.4 Å². The van der Waals surface area contributed by atoms with Crippen molar-refractivity contribution in [2.45, 2.75) is 44.3 Å². The second-order valence-corrected chi connectivity index (χ2v) is 9.96. The first-order valence-electron chi connectivity index (χ1n) is 13.2. The summed E-state index contributed by atoms with van der Waals surface area (Å²) in [6, 6.07) is 11.6. The van der Waals surface area contributed by atoms with Crippen molar-refractivity contribution < 1.29 is 37.0 Å². The van der Waals surface area contributed by atoms with Gasteiger partial charge in [0.15, 0.2) is 5.82 Å². The molecule has 2 aromatic heterocycles. The van der Waals surface area contributed by atoms with E-state index in [0.29, 0.717) is 24.2 Å². The van der Waals surface area contributed by atoms with Crippen LogP contribution in [0.25, 0.3) is 22.2 Å².